The van der Waals surface area contributed by atoms with Gasteiger partial charge in [-0.15, -0.1) is 0 Å². The molecule has 1 amide bonds. The molecule has 130 valence electrons. The van der Waals surface area contributed by atoms with E-state index in [0.717, 1.165) is 4.57 Å². The Morgan fingerprint density at radius 1 is 1.32 bits per heavy atom. The highest BCUT2D eigenvalue weighted by Crippen LogP contribution is 2.34. The summed E-state index contributed by atoms with van der Waals surface area (Å²) in [6.07, 6.45) is 0.151. The number of nitrogens with one attached hydrogen (secondary N) is 1. The second-order valence-corrected chi connectivity index (χ2v) is 5.74. The Hall–Kier alpha value is -3.36. The fourth-order valence-corrected chi connectivity index (χ4v) is 2.81. The molecule has 2 aromatic rings. The largest absolute Gasteiger partial charge is 0.508 e. The summed E-state index contributed by atoms with van der Waals surface area (Å²) in [4.78, 5) is 37.7. The van der Waals surface area contributed by atoms with Crippen LogP contribution < -0.4 is 11.2 Å². The van der Waals surface area contributed by atoms with Crippen LogP contribution >= 0.6 is 0 Å². The van der Waals surface area contributed by atoms with Crippen LogP contribution in [0.15, 0.2) is 39.0 Å². The molecule has 0 spiro atoms. The number of aromatic amines is 1. The zero-order chi connectivity index (χ0) is 18.3. The topological polar surface area (TPSA) is 128 Å². The number of H-pyrrole nitrogens is 1. The van der Waals surface area contributed by atoms with Crippen LogP contribution in [0.1, 0.15) is 30.5 Å². The number of carbonyl (C=O) groups is 1. The number of rotatable bonds is 2. The maximum atomic E-state index is 12.1. The van der Waals surface area contributed by atoms with E-state index in [4.69, 9.17) is 0 Å². The highest BCUT2D eigenvalue weighted by atomic mass is 16.3. The van der Waals surface area contributed by atoms with Gasteiger partial charge in [-0.1, -0.05) is 12.1 Å². The molecule has 3 N–H and O–H groups in total. The molecule has 0 fully saturated rings. The Morgan fingerprint density at radius 2 is 2.04 bits per heavy atom. The zero-order valence-electron chi connectivity index (χ0n) is 13.6. The van der Waals surface area contributed by atoms with Crippen LogP contribution in [0.5, 0.6) is 11.6 Å². The Labute approximate surface area is 141 Å². The summed E-state index contributed by atoms with van der Waals surface area (Å²) in [5.41, 5.74) is -0.874. The number of phenols is 1. The Morgan fingerprint density at radius 3 is 2.68 bits per heavy atom. The highest BCUT2D eigenvalue weighted by molar-refractivity contribution is 6.04. The number of carbonyl (C=O) groups excluding carboxylic acids is 1. The van der Waals surface area contributed by atoms with Gasteiger partial charge in [0.25, 0.3) is 5.56 Å². The van der Waals surface area contributed by atoms with E-state index in [1.807, 2.05) is 0 Å². The Balaban J connectivity index is 2.10. The van der Waals surface area contributed by atoms with Crippen LogP contribution in [-0.2, 0) is 11.8 Å². The van der Waals surface area contributed by atoms with Crippen LogP contribution in [0.2, 0.25) is 0 Å². The van der Waals surface area contributed by atoms with E-state index in [0.29, 0.717) is 5.56 Å². The van der Waals surface area contributed by atoms with Crippen molar-refractivity contribution in [1.82, 2.24) is 14.6 Å². The second-order valence-electron chi connectivity index (χ2n) is 5.74. The molecule has 0 unspecified atom stereocenters. The molecule has 3 rings (SSSR count). The number of amides is 1. The van der Waals surface area contributed by atoms with E-state index in [9.17, 15) is 24.6 Å². The molecule has 2 heterocycles. The number of aromatic hydroxyl groups is 2. The maximum Gasteiger partial charge on any atom is 0.330 e. The summed E-state index contributed by atoms with van der Waals surface area (Å²) in [5, 5.41) is 25.2. The van der Waals surface area contributed by atoms with Crippen molar-refractivity contribution in [2.45, 2.75) is 19.4 Å². The van der Waals surface area contributed by atoms with Gasteiger partial charge in [-0.05, 0) is 17.7 Å². The third kappa shape index (κ3) is 2.80. The molecular formula is C16H16N4O5. The zero-order valence-corrected chi connectivity index (χ0v) is 13.6. The van der Waals surface area contributed by atoms with Crippen molar-refractivity contribution >= 4 is 11.6 Å². The van der Waals surface area contributed by atoms with Crippen molar-refractivity contribution < 1.29 is 15.0 Å². The molecule has 1 aliphatic rings. The van der Waals surface area contributed by atoms with Crippen molar-refractivity contribution in [2.24, 2.45) is 12.1 Å². The monoisotopic (exact) mass is 344 g/mol. The van der Waals surface area contributed by atoms with Gasteiger partial charge in [0, 0.05) is 20.4 Å². The number of aromatic nitrogens is 2. The molecule has 0 saturated heterocycles. The number of hydrogen-bond acceptors (Lipinski definition) is 6. The minimum absolute atomic E-state index is 0.0391. The first-order chi connectivity index (χ1) is 11.8. The predicted octanol–water partition coefficient (Wildman–Crippen LogP) is 0.182. The quantitative estimate of drug-likeness (QED) is 0.716. The maximum absolute atomic E-state index is 12.1. The van der Waals surface area contributed by atoms with E-state index < -0.39 is 23.2 Å². The molecule has 25 heavy (non-hydrogen) atoms. The minimum atomic E-state index is -0.778. The highest BCUT2D eigenvalue weighted by Gasteiger charge is 2.34. The van der Waals surface area contributed by atoms with Gasteiger partial charge in [0.15, 0.2) is 0 Å². The summed E-state index contributed by atoms with van der Waals surface area (Å²) >= 11 is 0. The first-order valence-corrected chi connectivity index (χ1v) is 7.48. The van der Waals surface area contributed by atoms with Gasteiger partial charge < -0.3 is 10.2 Å². The molecule has 1 aromatic heterocycles. The smallest absolute Gasteiger partial charge is 0.330 e. The van der Waals surface area contributed by atoms with Gasteiger partial charge in [0.2, 0.25) is 11.8 Å². The summed E-state index contributed by atoms with van der Waals surface area (Å²) in [5.74, 6) is -0.839. The normalized spacial score (nSPS) is 16.8. The number of benzene rings is 1. The molecule has 0 radical (unpaired) electrons. The Bertz CT molecular complexity index is 1000. The average molecular weight is 344 g/mol. The predicted molar refractivity (Wildman–Crippen MR) is 88.5 cm³/mol. The Kier molecular flexibility index (Phi) is 3.91. The molecule has 0 aliphatic carbocycles. The lowest BCUT2D eigenvalue weighted by atomic mass is 9.99. The first kappa shape index (κ1) is 16.5. The molecular weight excluding hydrogens is 328 g/mol. The fraction of sp³-hybridized carbons (Fsp3) is 0.250. The molecule has 9 heteroatoms. The third-order valence-electron chi connectivity index (χ3n) is 4.07. The minimum Gasteiger partial charge on any atom is -0.508 e. The van der Waals surface area contributed by atoms with Crippen LogP contribution in [0.3, 0.4) is 0 Å². The summed E-state index contributed by atoms with van der Waals surface area (Å²) in [7, 11) is 1.31. The van der Waals surface area contributed by atoms with Crippen LogP contribution in [0.4, 0.5) is 0 Å². The lowest BCUT2D eigenvalue weighted by Crippen LogP contribution is -2.32. The summed E-state index contributed by atoms with van der Waals surface area (Å²) < 4.78 is 0.888. The van der Waals surface area contributed by atoms with Crippen molar-refractivity contribution in [3.63, 3.8) is 0 Å². The van der Waals surface area contributed by atoms with Crippen LogP contribution in [-0.4, -0.2) is 36.4 Å². The summed E-state index contributed by atoms with van der Waals surface area (Å²) in [6.45, 7) is 1.33. The average Bonchev–Trinajstić information content (AvgIpc) is 2.98. The van der Waals surface area contributed by atoms with Gasteiger partial charge in [0.1, 0.15) is 11.3 Å². The van der Waals surface area contributed by atoms with Gasteiger partial charge in [0.05, 0.1) is 11.8 Å². The van der Waals surface area contributed by atoms with Crippen molar-refractivity contribution in [2.75, 3.05) is 0 Å². The molecule has 1 aromatic carbocycles. The lowest BCUT2D eigenvalue weighted by Gasteiger charge is -2.20. The van der Waals surface area contributed by atoms with Crippen LogP contribution in [0, 0.1) is 0 Å². The van der Waals surface area contributed by atoms with E-state index in [-0.39, 0.29) is 29.4 Å². The van der Waals surface area contributed by atoms with Crippen LogP contribution in [0.25, 0.3) is 0 Å². The van der Waals surface area contributed by atoms with E-state index >= 15 is 0 Å². The number of hydrazone groups is 1. The van der Waals surface area contributed by atoms with Gasteiger partial charge in [-0.2, -0.15) is 5.10 Å². The fourth-order valence-electron chi connectivity index (χ4n) is 2.81. The second kappa shape index (κ2) is 5.93. The standard InChI is InChI=1S/C16H16N4O5/c1-8(21)20-12(9-4-3-5-10(22)6-9)7-11(18-20)13-14(23)17-16(25)19(2)15(13)24/h3-6,12,22,24H,7H2,1-2H3,(H,17,23,25)/t12-/m1/s1. The van der Waals surface area contributed by atoms with Crippen molar-refractivity contribution in [3.8, 4) is 11.6 Å². The van der Waals surface area contributed by atoms with E-state index in [1.165, 1.54) is 31.1 Å². The molecule has 0 bridgehead atoms. The van der Waals surface area contributed by atoms with E-state index in [2.05, 4.69) is 10.1 Å². The SMILES string of the molecule is CC(=O)N1N=C(c2c(O)n(C)c(=O)[nH]c2=O)C[C@@H]1c1cccc(O)c1. The van der Waals surface area contributed by atoms with Gasteiger partial charge in [-0.25, -0.2) is 9.80 Å². The third-order valence-corrected chi connectivity index (χ3v) is 4.07. The van der Waals surface area contributed by atoms with Gasteiger partial charge >= 0.3 is 5.69 Å². The molecule has 1 atom stereocenters. The first-order valence-electron chi connectivity index (χ1n) is 7.48. The number of nitrogens with zero attached hydrogens (tertiary/aromatic N) is 3. The molecule has 9 nitrogen and oxygen atoms in total. The molecule has 1 aliphatic heterocycles. The lowest BCUT2D eigenvalue weighted by molar-refractivity contribution is -0.130. The van der Waals surface area contributed by atoms with Crippen molar-refractivity contribution in [1.29, 1.82) is 0 Å². The van der Waals surface area contributed by atoms with Crippen molar-refractivity contribution in [3.05, 3.63) is 56.2 Å². The van der Waals surface area contributed by atoms with Gasteiger partial charge in [-0.3, -0.25) is 19.1 Å². The van der Waals surface area contributed by atoms with E-state index in [1.54, 1.807) is 12.1 Å². The summed E-state index contributed by atoms with van der Waals surface area (Å²) in [6, 6.07) is 5.84. The number of hydrogen-bond donors (Lipinski definition) is 3. The number of phenolic OH excluding ortho intramolecular Hbond substituents is 1. The molecule has 0 saturated carbocycles.